The molecule has 0 N–H and O–H groups in total. The second kappa shape index (κ2) is 6.83. The lowest BCUT2D eigenvalue weighted by atomic mass is 9.85. The fraction of sp³-hybridized carbons (Fsp3) is 0.476. The minimum atomic E-state index is -0.783. The van der Waals surface area contributed by atoms with Gasteiger partial charge in [0, 0.05) is 25.7 Å². The number of fused-ring (bicyclic) bond motifs is 1. The molecule has 1 spiro atoms. The standard InChI is InChI=1S/C21H24N2O4/c1-2-11-22-12-5-9-21(20(22)26)10-6-13-23(21)19(25)18-14-16(24)15-7-3-4-8-17(15)27-18/h3-4,7-8,14H,2,5-6,9-13H2,1H3. The van der Waals surface area contributed by atoms with Gasteiger partial charge in [0.15, 0.2) is 11.2 Å². The van der Waals surface area contributed by atoms with E-state index in [0.29, 0.717) is 36.9 Å². The summed E-state index contributed by atoms with van der Waals surface area (Å²) in [6.45, 7) is 4.03. The first-order valence-electron chi connectivity index (χ1n) is 9.71. The van der Waals surface area contributed by atoms with Gasteiger partial charge in [-0.25, -0.2) is 0 Å². The van der Waals surface area contributed by atoms with E-state index in [1.807, 2.05) is 4.90 Å². The SMILES string of the molecule is CCCN1CCCC2(CCCN2C(=O)c2cc(=O)c3ccccc3o2)C1=O. The van der Waals surface area contributed by atoms with Crippen molar-refractivity contribution < 1.29 is 14.0 Å². The van der Waals surface area contributed by atoms with Crippen LogP contribution in [0.15, 0.2) is 39.5 Å². The van der Waals surface area contributed by atoms with E-state index in [-0.39, 0.29) is 23.0 Å². The van der Waals surface area contributed by atoms with E-state index in [9.17, 15) is 14.4 Å². The average molecular weight is 368 g/mol. The normalized spacial score (nSPS) is 22.8. The van der Waals surface area contributed by atoms with Crippen molar-refractivity contribution >= 4 is 22.8 Å². The van der Waals surface area contributed by atoms with Crippen molar-refractivity contribution in [3.63, 3.8) is 0 Å². The Morgan fingerprint density at radius 1 is 1.15 bits per heavy atom. The van der Waals surface area contributed by atoms with Gasteiger partial charge < -0.3 is 14.2 Å². The first kappa shape index (κ1) is 17.8. The van der Waals surface area contributed by atoms with E-state index in [0.717, 1.165) is 25.8 Å². The predicted molar refractivity (Wildman–Crippen MR) is 102 cm³/mol. The molecule has 2 aliphatic heterocycles. The molecule has 27 heavy (non-hydrogen) atoms. The molecule has 2 fully saturated rings. The van der Waals surface area contributed by atoms with Crippen LogP contribution in [0.1, 0.15) is 49.6 Å². The minimum absolute atomic E-state index is 0.0142. The van der Waals surface area contributed by atoms with Gasteiger partial charge >= 0.3 is 0 Å². The molecule has 4 rings (SSSR count). The minimum Gasteiger partial charge on any atom is -0.451 e. The van der Waals surface area contributed by atoms with Crippen LogP contribution in [-0.4, -0.2) is 46.8 Å². The highest BCUT2D eigenvalue weighted by atomic mass is 16.3. The van der Waals surface area contributed by atoms with Crippen LogP contribution < -0.4 is 5.43 Å². The van der Waals surface area contributed by atoms with E-state index < -0.39 is 5.54 Å². The molecule has 1 aromatic carbocycles. The smallest absolute Gasteiger partial charge is 0.290 e. The maximum atomic E-state index is 13.2. The molecular weight excluding hydrogens is 344 g/mol. The Balaban J connectivity index is 1.71. The molecule has 1 atom stereocenters. The summed E-state index contributed by atoms with van der Waals surface area (Å²) in [7, 11) is 0. The molecule has 0 saturated carbocycles. The first-order valence-corrected chi connectivity index (χ1v) is 9.71. The molecular formula is C21H24N2O4. The van der Waals surface area contributed by atoms with Gasteiger partial charge in [-0.2, -0.15) is 0 Å². The van der Waals surface area contributed by atoms with Gasteiger partial charge in [0.1, 0.15) is 11.1 Å². The van der Waals surface area contributed by atoms with Crippen molar-refractivity contribution in [2.45, 2.75) is 44.6 Å². The number of benzene rings is 1. The zero-order valence-corrected chi connectivity index (χ0v) is 15.6. The Morgan fingerprint density at radius 2 is 1.89 bits per heavy atom. The molecule has 3 heterocycles. The highest BCUT2D eigenvalue weighted by Crippen LogP contribution is 2.39. The van der Waals surface area contributed by atoms with Gasteiger partial charge in [-0.1, -0.05) is 19.1 Å². The van der Waals surface area contributed by atoms with E-state index >= 15 is 0 Å². The van der Waals surface area contributed by atoms with Gasteiger partial charge in [-0.3, -0.25) is 14.4 Å². The number of carbonyl (C=O) groups excluding carboxylic acids is 2. The highest BCUT2D eigenvalue weighted by Gasteiger charge is 2.53. The molecule has 6 nitrogen and oxygen atoms in total. The van der Waals surface area contributed by atoms with Gasteiger partial charge in [0.05, 0.1) is 5.39 Å². The molecule has 1 unspecified atom stereocenters. The summed E-state index contributed by atoms with van der Waals surface area (Å²) in [6.07, 6.45) is 3.92. The van der Waals surface area contributed by atoms with Crippen LogP contribution in [0.25, 0.3) is 11.0 Å². The molecule has 2 aromatic rings. The van der Waals surface area contributed by atoms with Crippen molar-refractivity contribution in [3.05, 3.63) is 46.3 Å². The Morgan fingerprint density at radius 3 is 2.67 bits per heavy atom. The Bertz CT molecular complexity index is 949. The summed E-state index contributed by atoms with van der Waals surface area (Å²) in [6, 6.07) is 8.15. The Kier molecular flexibility index (Phi) is 4.50. The summed E-state index contributed by atoms with van der Waals surface area (Å²) in [4.78, 5) is 42.4. The largest absolute Gasteiger partial charge is 0.451 e. The van der Waals surface area contributed by atoms with Crippen molar-refractivity contribution in [2.75, 3.05) is 19.6 Å². The molecule has 2 amide bonds. The van der Waals surface area contributed by atoms with E-state index in [1.54, 1.807) is 29.2 Å². The monoisotopic (exact) mass is 368 g/mol. The van der Waals surface area contributed by atoms with Crippen LogP contribution in [0.4, 0.5) is 0 Å². The van der Waals surface area contributed by atoms with Gasteiger partial charge in [-0.15, -0.1) is 0 Å². The van der Waals surface area contributed by atoms with E-state index in [4.69, 9.17) is 4.42 Å². The number of rotatable bonds is 3. The lowest BCUT2D eigenvalue weighted by molar-refractivity contribution is -0.145. The van der Waals surface area contributed by atoms with Gasteiger partial charge in [0.2, 0.25) is 5.91 Å². The Labute approximate surface area is 157 Å². The predicted octanol–water partition coefficient (Wildman–Crippen LogP) is 2.80. The van der Waals surface area contributed by atoms with E-state index in [2.05, 4.69) is 6.92 Å². The number of amides is 2. The van der Waals surface area contributed by atoms with Crippen LogP contribution >= 0.6 is 0 Å². The van der Waals surface area contributed by atoms with Crippen LogP contribution in [-0.2, 0) is 4.79 Å². The summed E-state index contributed by atoms with van der Waals surface area (Å²) in [5, 5.41) is 0.452. The number of likely N-dealkylation sites (tertiary alicyclic amines) is 2. The second-order valence-electron chi connectivity index (χ2n) is 7.46. The summed E-state index contributed by atoms with van der Waals surface area (Å²) < 4.78 is 5.74. The van der Waals surface area contributed by atoms with Crippen molar-refractivity contribution in [1.82, 2.24) is 9.80 Å². The molecule has 142 valence electrons. The molecule has 0 radical (unpaired) electrons. The highest BCUT2D eigenvalue weighted by molar-refractivity contribution is 5.99. The van der Waals surface area contributed by atoms with Crippen molar-refractivity contribution in [3.8, 4) is 0 Å². The third kappa shape index (κ3) is 2.83. The summed E-state index contributed by atoms with van der Waals surface area (Å²) in [5.41, 5.74) is -0.630. The molecule has 0 bridgehead atoms. The van der Waals surface area contributed by atoms with Crippen molar-refractivity contribution in [1.29, 1.82) is 0 Å². The number of para-hydroxylation sites is 1. The van der Waals surface area contributed by atoms with Gasteiger partial charge in [-0.05, 0) is 44.2 Å². The Hall–Kier alpha value is -2.63. The summed E-state index contributed by atoms with van der Waals surface area (Å²) in [5.74, 6) is -0.299. The third-order valence-corrected chi connectivity index (χ3v) is 5.78. The lowest BCUT2D eigenvalue weighted by Gasteiger charge is -2.44. The number of carbonyl (C=O) groups is 2. The van der Waals surface area contributed by atoms with E-state index in [1.165, 1.54) is 6.07 Å². The zero-order chi connectivity index (χ0) is 19.0. The molecule has 6 heteroatoms. The maximum Gasteiger partial charge on any atom is 0.290 e. The van der Waals surface area contributed by atoms with Crippen LogP contribution in [0.3, 0.4) is 0 Å². The molecule has 2 aliphatic rings. The average Bonchev–Trinajstić information content (AvgIpc) is 3.09. The zero-order valence-electron chi connectivity index (χ0n) is 15.6. The van der Waals surface area contributed by atoms with Crippen molar-refractivity contribution in [2.24, 2.45) is 0 Å². The quantitative estimate of drug-likeness (QED) is 0.835. The van der Waals surface area contributed by atoms with Gasteiger partial charge in [0.25, 0.3) is 5.91 Å². The topological polar surface area (TPSA) is 70.8 Å². The third-order valence-electron chi connectivity index (χ3n) is 5.78. The molecule has 1 aromatic heterocycles. The molecule has 0 aliphatic carbocycles. The number of nitrogens with zero attached hydrogens (tertiary/aromatic N) is 2. The van der Waals surface area contributed by atoms with Crippen LogP contribution in [0.2, 0.25) is 0 Å². The molecule has 2 saturated heterocycles. The maximum absolute atomic E-state index is 13.2. The summed E-state index contributed by atoms with van der Waals surface area (Å²) >= 11 is 0. The van der Waals surface area contributed by atoms with Crippen LogP contribution in [0, 0.1) is 0 Å². The second-order valence-corrected chi connectivity index (χ2v) is 7.46. The first-order chi connectivity index (χ1) is 13.1. The number of piperidine rings is 1. The lowest BCUT2D eigenvalue weighted by Crippen LogP contribution is -2.61. The fourth-order valence-corrected chi connectivity index (χ4v) is 4.55. The van der Waals surface area contributed by atoms with Crippen LogP contribution in [0.5, 0.6) is 0 Å². The number of hydrogen-bond donors (Lipinski definition) is 0. The fourth-order valence-electron chi connectivity index (χ4n) is 4.55. The number of hydrogen-bond acceptors (Lipinski definition) is 4.